The summed E-state index contributed by atoms with van der Waals surface area (Å²) in [5, 5.41) is 35.2. The zero-order valence-corrected chi connectivity index (χ0v) is 19.1. The molecule has 0 saturated heterocycles. The van der Waals surface area contributed by atoms with Crippen molar-refractivity contribution >= 4 is 34.0 Å². The number of terminal acetylenes is 3. The lowest BCUT2D eigenvalue weighted by atomic mass is 10.1. The van der Waals surface area contributed by atoms with Crippen LogP contribution in [0, 0.1) is 37.0 Å². The zero-order valence-electron chi connectivity index (χ0n) is 16.6. The lowest BCUT2D eigenvalue weighted by Crippen LogP contribution is -2.17. The van der Waals surface area contributed by atoms with E-state index in [0.717, 1.165) is 0 Å². The minimum absolute atomic E-state index is 0.565. The van der Waals surface area contributed by atoms with Crippen molar-refractivity contribution in [2.24, 2.45) is 0 Å². The zero-order chi connectivity index (χ0) is 22.8. The van der Waals surface area contributed by atoms with Crippen LogP contribution in [0.15, 0.2) is 34.7 Å². The third-order valence-electron chi connectivity index (χ3n) is 3.39. The van der Waals surface area contributed by atoms with Crippen LogP contribution in [0.2, 0.25) is 0 Å². The Morgan fingerprint density at radius 2 is 0.867 bits per heavy atom. The molecule has 3 aromatic heterocycles. The highest BCUT2D eigenvalue weighted by Crippen LogP contribution is 2.22. The second-order valence-electron chi connectivity index (χ2n) is 6.16. The summed E-state index contributed by atoms with van der Waals surface area (Å²) in [7, 11) is 0. The molecule has 3 rings (SSSR count). The van der Waals surface area contributed by atoms with Gasteiger partial charge in [0, 0.05) is 34.7 Å². The predicted molar refractivity (Wildman–Crippen MR) is 122 cm³/mol. The number of thiazole rings is 3. The summed E-state index contributed by atoms with van der Waals surface area (Å²) in [6, 6.07) is 0. The Balaban J connectivity index is 0.000000225. The van der Waals surface area contributed by atoms with E-state index in [0.29, 0.717) is 15.0 Å². The molecule has 3 heterocycles. The van der Waals surface area contributed by atoms with Crippen LogP contribution < -0.4 is 0 Å². The maximum absolute atomic E-state index is 9.40. The number of nitrogens with zero attached hydrogens (tertiary/aromatic N) is 3. The fraction of sp³-hybridized carbons (Fsp3) is 0.286. The van der Waals surface area contributed by atoms with Crippen LogP contribution in [0.5, 0.6) is 0 Å². The molecule has 0 saturated carbocycles. The van der Waals surface area contributed by atoms with Gasteiger partial charge in [0.2, 0.25) is 0 Å². The smallest absolute Gasteiger partial charge is 0.174 e. The number of hydrogen-bond donors (Lipinski definition) is 3. The average molecular weight is 460 g/mol. The lowest BCUT2D eigenvalue weighted by molar-refractivity contribution is 0.121. The van der Waals surface area contributed by atoms with E-state index in [9.17, 15) is 15.3 Å². The summed E-state index contributed by atoms with van der Waals surface area (Å²) in [5.74, 6) is 6.74. The van der Waals surface area contributed by atoms with Crippen molar-refractivity contribution in [3.05, 3.63) is 49.8 Å². The van der Waals surface area contributed by atoms with Gasteiger partial charge in [0.05, 0.1) is 0 Å². The normalized spacial score (nSPS) is 15.7. The van der Waals surface area contributed by atoms with E-state index < -0.39 is 16.8 Å². The monoisotopic (exact) mass is 459 g/mol. The third-order valence-corrected chi connectivity index (χ3v) is 6.34. The van der Waals surface area contributed by atoms with Crippen molar-refractivity contribution in [1.82, 2.24) is 15.0 Å². The van der Waals surface area contributed by atoms with Gasteiger partial charge in [-0.25, -0.2) is 15.0 Å². The summed E-state index contributed by atoms with van der Waals surface area (Å²) < 4.78 is 0. The second kappa shape index (κ2) is 11.0. The van der Waals surface area contributed by atoms with Crippen molar-refractivity contribution in [3.63, 3.8) is 0 Å². The molecule has 0 aliphatic rings. The molecule has 0 amide bonds. The summed E-state index contributed by atoms with van der Waals surface area (Å²) in [5.41, 5.74) is -3.60. The van der Waals surface area contributed by atoms with Crippen LogP contribution in [-0.4, -0.2) is 30.3 Å². The molecule has 9 heteroatoms. The largest absolute Gasteiger partial charge is 0.371 e. The molecule has 156 valence electrons. The van der Waals surface area contributed by atoms with Crippen LogP contribution in [0.3, 0.4) is 0 Å². The van der Waals surface area contributed by atoms with Gasteiger partial charge < -0.3 is 15.3 Å². The van der Waals surface area contributed by atoms with Crippen LogP contribution in [-0.2, 0) is 16.8 Å². The Bertz CT molecular complexity index is 869. The van der Waals surface area contributed by atoms with Crippen LogP contribution in [0.1, 0.15) is 35.8 Å². The van der Waals surface area contributed by atoms with Crippen molar-refractivity contribution in [3.8, 4) is 37.0 Å². The van der Waals surface area contributed by atoms with Gasteiger partial charge in [-0.15, -0.1) is 53.3 Å². The van der Waals surface area contributed by atoms with Gasteiger partial charge in [-0.2, -0.15) is 0 Å². The van der Waals surface area contributed by atoms with Crippen molar-refractivity contribution in [2.75, 3.05) is 0 Å². The first-order valence-electron chi connectivity index (χ1n) is 8.30. The second-order valence-corrected chi connectivity index (χ2v) is 8.85. The summed E-state index contributed by atoms with van der Waals surface area (Å²) >= 11 is 4.05. The standard InChI is InChI=1S/3C7H7NOS/c3*1-3-7(2,9)6-8-4-5-10-6/h3*1,4-5,9H,2H3/t2*7-;/m10./s1. The van der Waals surface area contributed by atoms with Crippen LogP contribution in [0.25, 0.3) is 0 Å². The van der Waals surface area contributed by atoms with Crippen LogP contribution >= 0.6 is 34.0 Å². The van der Waals surface area contributed by atoms with Crippen molar-refractivity contribution < 1.29 is 15.3 Å². The first kappa shape index (κ1) is 25.5. The highest BCUT2D eigenvalue weighted by Gasteiger charge is 2.23. The predicted octanol–water partition coefficient (Wildman–Crippen LogP) is 2.95. The van der Waals surface area contributed by atoms with E-state index in [1.165, 1.54) is 34.0 Å². The van der Waals surface area contributed by atoms with Gasteiger partial charge in [0.25, 0.3) is 0 Å². The minimum Gasteiger partial charge on any atom is -0.371 e. The highest BCUT2D eigenvalue weighted by molar-refractivity contribution is 7.10. The van der Waals surface area contributed by atoms with E-state index in [-0.39, 0.29) is 0 Å². The molecule has 0 radical (unpaired) electrons. The van der Waals surface area contributed by atoms with Crippen molar-refractivity contribution in [2.45, 2.75) is 37.6 Å². The van der Waals surface area contributed by atoms with Crippen molar-refractivity contribution in [1.29, 1.82) is 0 Å². The molecule has 3 N–H and O–H groups in total. The molecule has 0 aliphatic heterocycles. The number of aliphatic hydroxyl groups is 3. The summed E-state index contributed by atoms with van der Waals surface area (Å²) in [6.07, 6.45) is 20.0. The van der Waals surface area contributed by atoms with Gasteiger partial charge in [-0.3, -0.25) is 0 Å². The molecule has 30 heavy (non-hydrogen) atoms. The van der Waals surface area contributed by atoms with Crippen LogP contribution in [0.4, 0.5) is 0 Å². The molecular weight excluding hydrogens is 438 g/mol. The molecule has 6 nitrogen and oxygen atoms in total. The first-order chi connectivity index (χ1) is 14.0. The highest BCUT2D eigenvalue weighted by atomic mass is 32.1. The fourth-order valence-electron chi connectivity index (χ4n) is 1.58. The maximum Gasteiger partial charge on any atom is 0.174 e. The topological polar surface area (TPSA) is 99.4 Å². The van der Waals surface area contributed by atoms with E-state index in [2.05, 4.69) is 32.7 Å². The molecule has 3 atom stereocenters. The lowest BCUT2D eigenvalue weighted by Gasteiger charge is -2.10. The Kier molecular flexibility index (Phi) is 9.35. The van der Waals surface area contributed by atoms with E-state index in [1.807, 2.05) is 0 Å². The Hall–Kier alpha value is -2.55. The molecule has 0 aliphatic carbocycles. The van der Waals surface area contributed by atoms with Gasteiger partial charge in [-0.05, 0) is 20.8 Å². The number of aromatic nitrogens is 3. The molecule has 0 aromatic carbocycles. The fourth-order valence-corrected chi connectivity index (χ4v) is 3.56. The molecule has 3 aromatic rings. The van der Waals surface area contributed by atoms with E-state index in [1.54, 1.807) is 55.5 Å². The SMILES string of the molecule is C#CC(C)(O)c1nccs1.C#C[C@@](C)(O)c1nccs1.C#C[C@](C)(O)c1nccs1. The van der Waals surface area contributed by atoms with Gasteiger partial charge in [-0.1, -0.05) is 17.8 Å². The van der Waals surface area contributed by atoms with Gasteiger partial charge >= 0.3 is 0 Å². The number of rotatable bonds is 3. The summed E-state index contributed by atoms with van der Waals surface area (Å²) in [6.45, 7) is 4.64. The Morgan fingerprint density at radius 1 is 0.633 bits per heavy atom. The first-order valence-corrected chi connectivity index (χ1v) is 10.9. The molecule has 0 spiro atoms. The van der Waals surface area contributed by atoms with E-state index in [4.69, 9.17) is 19.3 Å². The molecule has 0 fully saturated rings. The van der Waals surface area contributed by atoms with Gasteiger partial charge in [0.15, 0.2) is 16.8 Å². The average Bonchev–Trinajstić information content (AvgIpc) is 3.51. The minimum atomic E-state index is -1.20. The Morgan fingerprint density at radius 3 is 1.00 bits per heavy atom. The van der Waals surface area contributed by atoms with E-state index >= 15 is 0 Å². The molecule has 0 bridgehead atoms. The summed E-state index contributed by atoms with van der Waals surface area (Å²) in [4.78, 5) is 11.7. The number of hydrogen-bond acceptors (Lipinski definition) is 9. The molecular formula is C21H21N3O3S3. The Labute approximate surface area is 188 Å². The third kappa shape index (κ3) is 7.37. The van der Waals surface area contributed by atoms with Gasteiger partial charge in [0.1, 0.15) is 15.0 Å². The maximum atomic E-state index is 9.40. The quantitative estimate of drug-likeness (QED) is 0.521. The molecule has 1 unspecified atom stereocenters.